The Morgan fingerprint density at radius 1 is 0.643 bits per heavy atom. The van der Waals surface area contributed by atoms with E-state index in [1.165, 1.54) is 77.0 Å². The van der Waals surface area contributed by atoms with Gasteiger partial charge in [0.2, 0.25) is 5.91 Å². The molecule has 0 aliphatic carbocycles. The van der Waals surface area contributed by atoms with Gasteiger partial charge >= 0.3 is 5.97 Å². The van der Waals surface area contributed by atoms with Gasteiger partial charge in [-0.25, -0.2) is 0 Å². The fourth-order valence-corrected chi connectivity index (χ4v) is 3.42. The van der Waals surface area contributed by atoms with Gasteiger partial charge in [0.15, 0.2) is 0 Å². The lowest BCUT2D eigenvalue weighted by molar-refractivity contribution is -0.137. The maximum atomic E-state index is 11.5. The molecule has 2 N–H and O–H groups in total. The minimum atomic E-state index is -0.668. The zero-order chi connectivity index (χ0) is 20.7. The average molecular weight is 400 g/mol. The molecule has 0 bridgehead atoms. The summed E-state index contributed by atoms with van der Waals surface area (Å²) in [5, 5.41) is 11.4. The fraction of sp³-hybridized carbons (Fsp3) is 0.913. The number of unbranched alkanes of at least 4 members (excludes halogenated alkanes) is 15. The SMILES string of the molecule is COCCNC(=O)CCCCCCCCCCCCCCCCCCC(=O)O. The molecule has 0 aliphatic heterocycles. The second-order valence-corrected chi connectivity index (χ2v) is 7.89. The fourth-order valence-electron chi connectivity index (χ4n) is 3.42. The number of hydrogen-bond acceptors (Lipinski definition) is 3. The Labute approximate surface area is 173 Å². The first kappa shape index (κ1) is 26.9. The molecule has 0 heterocycles. The van der Waals surface area contributed by atoms with E-state index in [-0.39, 0.29) is 5.91 Å². The average Bonchev–Trinajstić information content (AvgIpc) is 2.67. The predicted octanol–water partition coefficient (Wildman–Crippen LogP) is 5.86. The van der Waals surface area contributed by atoms with E-state index in [1.54, 1.807) is 7.11 Å². The third kappa shape index (κ3) is 22.9. The topological polar surface area (TPSA) is 75.6 Å². The Bertz CT molecular complexity index is 361. The van der Waals surface area contributed by atoms with Crippen molar-refractivity contribution in [2.45, 2.75) is 116 Å². The molecule has 0 atom stereocenters. The van der Waals surface area contributed by atoms with E-state index < -0.39 is 5.97 Å². The molecule has 0 spiro atoms. The third-order valence-electron chi connectivity index (χ3n) is 5.17. The second kappa shape index (κ2) is 22.2. The van der Waals surface area contributed by atoms with Gasteiger partial charge in [0.05, 0.1) is 6.61 Å². The molecule has 28 heavy (non-hydrogen) atoms. The third-order valence-corrected chi connectivity index (χ3v) is 5.17. The highest BCUT2D eigenvalue weighted by atomic mass is 16.5. The highest BCUT2D eigenvalue weighted by Gasteiger charge is 2.00. The number of methoxy groups -OCH3 is 1. The highest BCUT2D eigenvalue weighted by molar-refractivity contribution is 5.75. The van der Waals surface area contributed by atoms with Gasteiger partial charge in [-0.05, 0) is 12.8 Å². The van der Waals surface area contributed by atoms with Crippen LogP contribution in [0.5, 0.6) is 0 Å². The molecule has 0 aliphatic rings. The van der Waals surface area contributed by atoms with Gasteiger partial charge in [0, 0.05) is 26.5 Å². The zero-order valence-electron chi connectivity index (χ0n) is 18.3. The number of nitrogens with one attached hydrogen (secondary N) is 1. The molecule has 0 aromatic carbocycles. The van der Waals surface area contributed by atoms with Gasteiger partial charge in [-0.2, -0.15) is 0 Å². The second-order valence-electron chi connectivity index (χ2n) is 7.89. The zero-order valence-corrected chi connectivity index (χ0v) is 18.3. The van der Waals surface area contributed by atoms with E-state index in [2.05, 4.69) is 5.32 Å². The smallest absolute Gasteiger partial charge is 0.303 e. The lowest BCUT2D eigenvalue weighted by Gasteiger charge is -2.05. The predicted molar refractivity (Wildman–Crippen MR) is 116 cm³/mol. The van der Waals surface area contributed by atoms with Gasteiger partial charge in [0.1, 0.15) is 0 Å². The summed E-state index contributed by atoms with van der Waals surface area (Å²) in [7, 11) is 1.64. The molecule has 0 unspecified atom stereocenters. The number of ether oxygens (including phenoxy) is 1. The normalized spacial score (nSPS) is 10.9. The van der Waals surface area contributed by atoms with Crippen LogP contribution in [0.2, 0.25) is 0 Å². The van der Waals surface area contributed by atoms with Gasteiger partial charge in [-0.1, -0.05) is 89.9 Å². The summed E-state index contributed by atoms with van der Waals surface area (Å²) in [5.74, 6) is -0.520. The van der Waals surface area contributed by atoms with Crippen LogP contribution < -0.4 is 5.32 Å². The largest absolute Gasteiger partial charge is 0.481 e. The Morgan fingerprint density at radius 3 is 1.36 bits per heavy atom. The van der Waals surface area contributed by atoms with Crippen LogP contribution in [-0.2, 0) is 14.3 Å². The molecule has 166 valence electrons. The number of carbonyl (C=O) groups excluding carboxylic acids is 1. The molecule has 5 heteroatoms. The molecule has 0 fully saturated rings. The van der Waals surface area contributed by atoms with Crippen molar-refractivity contribution in [3.63, 3.8) is 0 Å². The minimum Gasteiger partial charge on any atom is -0.481 e. The van der Waals surface area contributed by atoms with Crippen molar-refractivity contribution >= 4 is 11.9 Å². The summed E-state index contributed by atoms with van der Waals surface area (Å²) in [6, 6.07) is 0. The van der Waals surface area contributed by atoms with Crippen molar-refractivity contribution < 1.29 is 19.4 Å². The number of carbonyl (C=O) groups is 2. The monoisotopic (exact) mass is 399 g/mol. The van der Waals surface area contributed by atoms with Crippen molar-refractivity contribution in [2.75, 3.05) is 20.3 Å². The van der Waals surface area contributed by atoms with Crippen molar-refractivity contribution in [3.8, 4) is 0 Å². The lowest BCUT2D eigenvalue weighted by atomic mass is 10.0. The van der Waals surface area contributed by atoms with E-state index in [9.17, 15) is 9.59 Å². The number of carboxylic acids is 1. The van der Waals surface area contributed by atoms with Crippen molar-refractivity contribution in [1.29, 1.82) is 0 Å². The van der Waals surface area contributed by atoms with Gasteiger partial charge in [-0.15, -0.1) is 0 Å². The molecule has 0 aromatic rings. The van der Waals surface area contributed by atoms with Crippen LogP contribution in [0.15, 0.2) is 0 Å². The summed E-state index contributed by atoms with van der Waals surface area (Å²) in [4.78, 5) is 21.9. The Morgan fingerprint density at radius 2 is 1.00 bits per heavy atom. The van der Waals surface area contributed by atoms with Crippen LogP contribution in [-0.4, -0.2) is 37.2 Å². The maximum absolute atomic E-state index is 11.5. The van der Waals surface area contributed by atoms with Crippen molar-refractivity contribution in [2.24, 2.45) is 0 Å². The van der Waals surface area contributed by atoms with Crippen LogP contribution in [0.3, 0.4) is 0 Å². The van der Waals surface area contributed by atoms with E-state index in [4.69, 9.17) is 9.84 Å². The Kier molecular flexibility index (Phi) is 21.3. The molecule has 0 radical (unpaired) electrons. The first-order chi connectivity index (χ1) is 13.7. The standard InChI is InChI=1S/C23H45NO4/c1-28-21-20-24-22(25)18-16-14-12-10-8-6-4-2-3-5-7-9-11-13-15-17-19-23(26)27/h2-21H2,1H3,(H,24,25)(H,26,27). The van der Waals surface area contributed by atoms with Crippen molar-refractivity contribution in [3.05, 3.63) is 0 Å². The Balaban J connectivity index is 3.08. The molecule has 0 rings (SSSR count). The van der Waals surface area contributed by atoms with Crippen LogP contribution in [0.4, 0.5) is 0 Å². The van der Waals surface area contributed by atoms with Crippen LogP contribution in [0, 0.1) is 0 Å². The number of rotatable bonds is 22. The summed E-state index contributed by atoms with van der Waals surface area (Å²) in [6.45, 7) is 1.20. The Hall–Kier alpha value is -1.10. The molecule has 0 aromatic heterocycles. The van der Waals surface area contributed by atoms with E-state index >= 15 is 0 Å². The number of amides is 1. The van der Waals surface area contributed by atoms with Crippen LogP contribution >= 0.6 is 0 Å². The maximum Gasteiger partial charge on any atom is 0.303 e. The summed E-state index contributed by atoms with van der Waals surface area (Å²) >= 11 is 0. The molecule has 1 amide bonds. The van der Waals surface area contributed by atoms with E-state index in [1.807, 2.05) is 0 Å². The molecule has 5 nitrogen and oxygen atoms in total. The summed E-state index contributed by atoms with van der Waals surface area (Å²) in [6.07, 6.45) is 20.8. The number of hydrogen-bond donors (Lipinski definition) is 2. The first-order valence-corrected chi connectivity index (χ1v) is 11.6. The number of carboxylic acid groups (broad SMARTS) is 1. The van der Waals surface area contributed by atoms with Crippen LogP contribution in [0.1, 0.15) is 116 Å². The number of aliphatic carboxylic acids is 1. The van der Waals surface area contributed by atoms with Gasteiger partial charge in [-0.3, -0.25) is 9.59 Å². The minimum absolute atomic E-state index is 0.148. The molecular formula is C23H45NO4. The summed E-state index contributed by atoms with van der Waals surface area (Å²) in [5.41, 5.74) is 0. The van der Waals surface area contributed by atoms with Gasteiger partial charge < -0.3 is 15.2 Å². The summed E-state index contributed by atoms with van der Waals surface area (Å²) < 4.78 is 4.91. The lowest BCUT2D eigenvalue weighted by Crippen LogP contribution is -2.26. The molecule has 0 saturated carbocycles. The molecular weight excluding hydrogens is 354 g/mol. The van der Waals surface area contributed by atoms with Crippen LogP contribution in [0.25, 0.3) is 0 Å². The highest BCUT2D eigenvalue weighted by Crippen LogP contribution is 2.14. The van der Waals surface area contributed by atoms with E-state index in [0.29, 0.717) is 26.0 Å². The van der Waals surface area contributed by atoms with Gasteiger partial charge in [0.25, 0.3) is 0 Å². The molecule has 0 saturated heterocycles. The first-order valence-electron chi connectivity index (χ1n) is 11.6. The van der Waals surface area contributed by atoms with E-state index in [0.717, 1.165) is 25.7 Å². The van der Waals surface area contributed by atoms with Crippen molar-refractivity contribution in [1.82, 2.24) is 5.32 Å². The quantitative estimate of drug-likeness (QED) is 0.224.